The normalized spacial score (nSPS) is 18.1. The van der Waals surface area contributed by atoms with Gasteiger partial charge in [0.05, 0.1) is 11.0 Å². The predicted octanol–water partition coefficient (Wildman–Crippen LogP) is 1.94. The van der Waals surface area contributed by atoms with Crippen molar-refractivity contribution in [2.45, 2.75) is 12.5 Å². The van der Waals surface area contributed by atoms with Crippen molar-refractivity contribution < 1.29 is 4.92 Å². The molecule has 8 heteroatoms. The molecule has 1 fully saturated rings. The molecule has 0 radical (unpaired) electrons. The van der Waals surface area contributed by atoms with E-state index >= 15 is 0 Å². The molecular formula is C16H22ClN5O2. The van der Waals surface area contributed by atoms with E-state index in [9.17, 15) is 10.1 Å². The number of nitrogens with zero attached hydrogens (tertiary/aromatic N) is 4. The molecule has 7 nitrogen and oxygen atoms in total. The van der Waals surface area contributed by atoms with Gasteiger partial charge in [-0.05, 0) is 12.0 Å². The summed E-state index contributed by atoms with van der Waals surface area (Å²) in [5, 5.41) is 14.1. The van der Waals surface area contributed by atoms with Gasteiger partial charge < -0.3 is 9.88 Å². The van der Waals surface area contributed by atoms with Crippen LogP contribution in [0.4, 0.5) is 5.69 Å². The minimum Gasteiger partial charge on any atom is -0.337 e. The number of aryl methyl sites for hydroxylation is 1. The molecule has 0 aliphatic carbocycles. The van der Waals surface area contributed by atoms with Gasteiger partial charge in [-0.2, -0.15) is 0 Å². The lowest BCUT2D eigenvalue weighted by molar-refractivity contribution is -0.384. The number of halogens is 1. The van der Waals surface area contributed by atoms with E-state index in [4.69, 9.17) is 0 Å². The quantitative estimate of drug-likeness (QED) is 0.658. The standard InChI is InChI=1S/C16H21N5O2.ClH/c1-19-10-8-18-16(19)15-12-17-7-11-20(15)9-6-13-2-4-14(5-3-13)21(22)23;/h2-5,8,10,15,17H,6-7,9,11-12H2,1H3;1H. The highest BCUT2D eigenvalue weighted by molar-refractivity contribution is 5.85. The Morgan fingerprint density at radius 2 is 2.12 bits per heavy atom. The number of nitrogens with one attached hydrogen (secondary N) is 1. The Balaban J connectivity index is 0.00000208. The fourth-order valence-corrected chi connectivity index (χ4v) is 3.02. The van der Waals surface area contributed by atoms with Crippen LogP contribution in [0.2, 0.25) is 0 Å². The number of rotatable bonds is 5. The lowest BCUT2D eigenvalue weighted by atomic mass is 10.1. The fraction of sp³-hybridized carbons (Fsp3) is 0.438. The van der Waals surface area contributed by atoms with E-state index in [1.807, 2.05) is 31.6 Å². The van der Waals surface area contributed by atoms with E-state index in [1.165, 1.54) is 0 Å². The Morgan fingerprint density at radius 1 is 1.38 bits per heavy atom. The maximum atomic E-state index is 10.7. The molecule has 1 saturated heterocycles. The number of imidazole rings is 1. The van der Waals surface area contributed by atoms with E-state index in [1.54, 1.807) is 12.1 Å². The third-order valence-electron chi connectivity index (χ3n) is 4.35. The number of nitro groups is 1. The first kappa shape index (κ1) is 18.4. The monoisotopic (exact) mass is 351 g/mol. The Labute approximate surface area is 147 Å². The highest BCUT2D eigenvalue weighted by Gasteiger charge is 2.26. The molecule has 1 N–H and O–H groups in total. The Bertz CT molecular complexity index is 673. The summed E-state index contributed by atoms with van der Waals surface area (Å²) in [5.41, 5.74) is 1.26. The highest BCUT2D eigenvalue weighted by Crippen LogP contribution is 2.21. The summed E-state index contributed by atoms with van der Waals surface area (Å²) >= 11 is 0. The van der Waals surface area contributed by atoms with Crippen LogP contribution in [-0.2, 0) is 13.5 Å². The van der Waals surface area contributed by atoms with Gasteiger partial charge in [-0.1, -0.05) is 12.1 Å². The van der Waals surface area contributed by atoms with Gasteiger partial charge >= 0.3 is 0 Å². The Morgan fingerprint density at radius 3 is 2.75 bits per heavy atom. The first-order valence-electron chi connectivity index (χ1n) is 7.80. The van der Waals surface area contributed by atoms with Crippen molar-refractivity contribution in [1.29, 1.82) is 0 Å². The van der Waals surface area contributed by atoms with Crippen molar-refractivity contribution in [2.24, 2.45) is 7.05 Å². The van der Waals surface area contributed by atoms with Crippen molar-refractivity contribution in [3.63, 3.8) is 0 Å². The van der Waals surface area contributed by atoms with Gasteiger partial charge in [0.1, 0.15) is 5.82 Å². The van der Waals surface area contributed by atoms with Crippen molar-refractivity contribution >= 4 is 18.1 Å². The van der Waals surface area contributed by atoms with Crippen LogP contribution in [-0.4, -0.2) is 45.6 Å². The molecule has 1 atom stereocenters. The van der Waals surface area contributed by atoms with E-state index in [0.29, 0.717) is 0 Å². The van der Waals surface area contributed by atoms with Crippen molar-refractivity contribution in [2.75, 3.05) is 26.2 Å². The average Bonchev–Trinajstić information content (AvgIpc) is 2.99. The van der Waals surface area contributed by atoms with Gasteiger partial charge in [0, 0.05) is 57.8 Å². The molecule has 1 aromatic heterocycles. The van der Waals surface area contributed by atoms with Crippen LogP contribution in [0, 0.1) is 10.1 Å². The number of benzene rings is 1. The van der Waals surface area contributed by atoms with Crippen molar-refractivity contribution in [1.82, 2.24) is 19.8 Å². The van der Waals surface area contributed by atoms with Crippen LogP contribution in [0.5, 0.6) is 0 Å². The summed E-state index contributed by atoms with van der Waals surface area (Å²) in [5.74, 6) is 1.07. The Kier molecular flexibility index (Phi) is 6.30. The van der Waals surface area contributed by atoms with Crippen LogP contribution in [0.15, 0.2) is 36.7 Å². The zero-order valence-electron chi connectivity index (χ0n) is 13.6. The molecular weight excluding hydrogens is 330 g/mol. The predicted molar refractivity (Wildman–Crippen MR) is 94.4 cm³/mol. The van der Waals surface area contributed by atoms with E-state index in [0.717, 1.165) is 44.0 Å². The summed E-state index contributed by atoms with van der Waals surface area (Å²) in [4.78, 5) is 17.3. The first-order valence-corrected chi connectivity index (χ1v) is 7.80. The topological polar surface area (TPSA) is 76.2 Å². The summed E-state index contributed by atoms with van der Waals surface area (Å²) in [6.45, 7) is 3.76. The van der Waals surface area contributed by atoms with Gasteiger partial charge in [-0.3, -0.25) is 15.0 Å². The molecule has 1 aliphatic heterocycles. The number of aromatic nitrogens is 2. The van der Waals surface area contributed by atoms with E-state index in [2.05, 4.69) is 19.8 Å². The summed E-state index contributed by atoms with van der Waals surface area (Å²) in [7, 11) is 2.02. The summed E-state index contributed by atoms with van der Waals surface area (Å²) in [6.07, 6.45) is 4.68. The first-order chi connectivity index (χ1) is 11.1. The minimum absolute atomic E-state index is 0. The van der Waals surface area contributed by atoms with Crippen molar-refractivity contribution in [3.8, 4) is 0 Å². The molecule has 0 spiro atoms. The minimum atomic E-state index is -0.364. The van der Waals surface area contributed by atoms with Crippen LogP contribution in [0.3, 0.4) is 0 Å². The van der Waals surface area contributed by atoms with Crippen molar-refractivity contribution in [3.05, 3.63) is 58.2 Å². The molecule has 0 bridgehead atoms. The molecule has 1 aliphatic rings. The highest BCUT2D eigenvalue weighted by atomic mass is 35.5. The van der Waals surface area contributed by atoms with E-state index < -0.39 is 0 Å². The third-order valence-corrected chi connectivity index (χ3v) is 4.35. The maximum Gasteiger partial charge on any atom is 0.269 e. The largest absolute Gasteiger partial charge is 0.337 e. The molecule has 0 amide bonds. The summed E-state index contributed by atoms with van der Waals surface area (Å²) < 4.78 is 2.07. The smallest absolute Gasteiger partial charge is 0.269 e. The summed E-state index contributed by atoms with van der Waals surface area (Å²) in [6, 6.07) is 7.10. The zero-order valence-corrected chi connectivity index (χ0v) is 14.4. The van der Waals surface area contributed by atoms with Crippen LogP contribution in [0.1, 0.15) is 17.4 Å². The molecule has 2 heterocycles. The second kappa shape index (κ2) is 8.23. The van der Waals surface area contributed by atoms with Gasteiger partial charge in [0.25, 0.3) is 5.69 Å². The number of non-ortho nitro benzene ring substituents is 1. The molecule has 1 aromatic carbocycles. The second-order valence-corrected chi connectivity index (χ2v) is 5.83. The number of hydrogen-bond acceptors (Lipinski definition) is 5. The Hall–Kier alpha value is -1.96. The average molecular weight is 352 g/mol. The third kappa shape index (κ3) is 4.11. The molecule has 24 heavy (non-hydrogen) atoms. The number of nitro benzene ring substituents is 1. The maximum absolute atomic E-state index is 10.7. The molecule has 1 unspecified atom stereocenters. The van der Waals surface area contributed by atoms with Gasteiger partial charge in [-0.15, -0.1) is 12.4 Å². The van der Waals surface area contributed by atoms with Crippen LogP contribution < -0.4 is 5.32 Å². The van der Waals surface area contributed by atoms with Gasteiger partial charge in [-0.25, -0.2) is 4.98 Å². The molecule has 2 aromatic rings. The van der Waals surface area contributed by atoms with Gasteiger partial charge in [0.15, 0.2) is 0 Å². The lowest BCUT2D eigenvalue weighted by Crippen LogP contribution is -2.47. The zero-order chi connectivity index (χ0) is 16.2. The van der Waals surface area contributed by atoms with Crippen LogP contribution in [0.25, 0.3) is 0 Å². The van der Waals surface area contributed by atoms with Crippen LogP contribution >= 0.6 is 12.4 Å². The molecule has 130 valence electrons. The number of piperazine rings is 1. The number of hydrogen-bond donors (Lipinski definition) is 1. The molecule has 3 rings (SSSR count). The van der Waals surface area contributed by atoms with E-state index in [-0.39, 0.29) is 29.1 Å². The lowest BCUT2D eigenvalue weighted by Gasteiger charge is -2.35. The SMILES string of the molecule is Cl.Cn1ccnc1C1CNCCN1CCc1ccc([N+](=O)[O-])cc1. The fourth-order valence-electron chi connectivity index (χ4n) is 3.02. The second-order valence-electron chi connectivity index (χ2n) is 5.83. The molecule has 0 saturated carbocycles. The van der Waals surface area contributed by atoms with Gasteiger partial charge in [0.2, 0.25) is 0 Å².